The van der Waals surface area contributed by atoms with Gasteiger partial charge in [-0.05, 0) is 58.7 Å². The van der Waals surface area contributed by atoms with Gasteiger partial charge < -0.3 is 10.3 Å². The first-order chi connectivity index (χ1) is 11.8. The molecule has 2 aromatic carbocycles. The van der Waals surface area contributed by atoms with E-state index < -0.39 is 10.1 Å². The topological polar surface area (TPSA) is 109 Å². The quantitative estimate of drug-likeness (QED) is 0.641. The Hall–Kier alpha value is -2.96. The van der Waals surface area contributed by atoms with E-state index in [1.165, 1.54) is 12.1 Å². The van der Waals surface area contributed by atoms with Crippen LogP contribution in [0.4, 0.5) is 5.69 Å². The van der Waals surface area contributed by atoms with Gasteiger partial charge in [-0.2, -0.15) is 0 Å². The second-order valence-corrected chi connectivity index (χ2v) is 6.98. The lowest BCUT2D eigenvalue weighted by Crippen LogP contribution is -2.37. The molecule has 25 heavy (non-hydrogen) atoms. The Kier molecular flexibility index (Phi) is 4.39. The van der Waals surface area contributed by atoms with Crippen LogP contribution in [0.5, 0.6) is 0 Å². The summed E-state index contributed by atoms with van der Waals surface area (Å²) in [5, 5.41) is 5.76. The van der Waals surface area contributed by atoms with Crippen LogP contribution in [0.2, 0.25) is 0 Å². The standard InChI is InChI=1S/C19H16N2O3S/c20-16-7-1-13(2-8-16)19(14-3-9-17(21)10-4-14)15-5-11-18(12-6-15)25(22,23)24/h1-12,20H,21H2,(H,22,23,24). The number of allylic oxidation sites excluding steroid dienone is 5. The fraction of sp³-hybridized carbons (Fsp3) is 0. The summed E-state index contributed by atoms with van der Waals surface area (Å²) in [6.45, 7) is 0. The monoisotopic (exact) mass is 352 g/mol. The highest BCUT2D eigenvalue weighted by molar-refractivity contribution is 7.85. The molecule has 1 aliphatic carbocycles. The van der Waals surface area contributed by atoms with Gasteiger partial charge >= 0.3 is 0 Å². The maximum absolute atomic E-state index is 11.1. The van der Waals surface area contributed by atoms with Gasteiger partial charge in [0.2, 0.25) is 0 Å². The minimum absolute atomic E-state index is 0.259. The number of benzene rings is 2. The maximum Gasteiger partial charge on any atom is 0.196 e. The molecule has 2 aromatic rings. The van der Waals surface area contributed by atoms with Crippen molar-refractivity contribution < 1.29 is 18.4 Å². The first kappa shape index (κ1) is 16.9. The number of rotatable bonds is 3. The molecule has 0 aliphatic heterocycles. The second kappa shape index (κ2) is 6.51. The molecule has 0 saturated carbocycles. The molecule has 0 aromatic heterocycles. The van der Waals surface area contributed by atoms with Crippen LogP contribution in [0.1, 0.15) is 11.1 Å². The van der Waals surface area contributed by atoms with Crippen molar-refractivity contribution in [1.29, 1.82) is 0 Å². The molecule has 0 atom stereocenters. The molecular weight excluding hydrogens is 336 g/mol. The normalized spacial score (nSPS) is 14.0. The average molecular weight is 352 g/mol. The molecule has 0 unspecified atom stereocenters. The number of hydrogen-bond acceptors (Lipinski definition) is 4. The van der Waals surface area contributed by atoms with E-state index >= 15 is 0 Å². The molecule has 0 amide bonds. The van der Waals surface area contributed by atoms with Crippen LogP contribution in [0.15, 0.2) is 83.3 Å². The number of nitrogens with two attached hydrogens (primary N) is 2. The summed E-state index contributed by atoms with van der Waals surface area (Å²) in [5.74, 6) is 0. The molecule has 3 rings (SSSR count). The molecule has 1 aliphatic rings. The van der Waals surface area contributed by atoms with Crippen LogP contribution in [0.3, 0.4) is 0 Å². The van der Waals surface area contributed by atoms with Gasteiger partial charge in [0, 0.05) is 17.8 Å². The van der Waals surface area contributed by atoms with Crippen molar-refractivity contribution in [3.63, 3.8) is 0 Å². The van der Waals surface area contributed by atoms with Gasteiger partial charge in [0.15, 0.2) is 5.71 Å². The molecule has 0 fully saturated rings. The predicted octanol–water partition coefficient (Wildman–Crippen LogP) is 1.30. The van der Waals surface area contributed by atoms with Crippen molar-refractivity contribution in [3.05, 3.63) is 89.5 Å². The van der Waals surface area contributed by atoms with Crippen molar-refractivity contribution in [3.8, 4) is 0 Å². The fourth-order valence-electron chi connectivity index (χ4n) is 2.59. The Labute approximate surface area is 146 Å². The van der Waals surface area contributed by atoms with E-state index in [2.05, 4.69) is 0 Å². The lowest BCUT2D eigenvalue weighted by atomic mass is 9.91. The molecule has 0 spiro atoms. The Bertz CT molecular complexity index is 995. The highest BCUT2D eigenvalue weighted by atomic mass is 32.2. The molecule has 126 valence electrons. The van der Waals surface area contributed by atoms with Gasteiger partial charge in [0.05, 0.1) is 4.90 Å². The fourth-order valence-corrected chi connectivity index (χ4v) is 3.06. The second-order valence-electron chi connectivity index (χ2n) is 5.60. The van der Waals surface area contributed by atoms with E-state index in [0.717, 1.165) is 22.3 Å². The number of nitrogen functional groups attached to an aromatic ring is 1. The van der Waals surface area contributed by atoms with Gasteiger partial charge in [-0.3, -0.25) is 5.41 Å². The van der Waals surface area contributed by atoms with Crippen molar-refractivity contribution in [2.45, 2.75) is 4.90 Å². The van der Waals surface area contributed by atoms with Crippen molar-refractivity contribution in [1.82, 2.24) is 0 Å². The minimum Gasteiger partial charge on any atom is -0.744 e. The highest BCUT2D eigenvalue weighted by Crippen LogP contribution is 2.30. The first-order valence-electron chi connectivity index (χ1n) is 7.50. The van der Waals surface area contributed by atoms with Crippen molar-refractivity contribution >= 4 is 27.1 Å². The van der Waals surface area contributed by atoms with Crippen LogP contribution >= 0.6 is 0 Å². The van der Waals surface area contributed by atoms with Crippen molar-refractivity contribution in [2.75, 3.05) is 5.73 Å². The van der Waals surface area contributed by atoms with Gasteiger partial charge in [-0.25, -0.2) is 8.42 Å². The molecule has 6 heteroatoms. The largest absolute Gasteiger partial charge is 0.744 e. The van der Waals surface area contributed by atoms with E-state index in [-0.39, 0.29) is 4.90 Å². The molecule has 0 heterocycles. The van der Waals surface area contributed by atoms with Gasteiger partial charge in [0.1, 0.15) is 10.1 Å². The Morgan fingerprint density at radius 2 is 1.32 bits per heavy atom. The van der Waals surface area contributed by atoms with E-state index in [0.29, 0.717) is 11.4 Å². The summed E-state index contributed by atoms with van der Waals surface area (Å²) in [5.41, 5.74) is 10.5. The molecule has 4 N–H and O–H groups in total. The predicted molar refractivity (Wildman–Crippen MR) is 96.5 cm³/mol. The summed E-state index contributed by atoms with van der Waals surface area (Å²) < 4.78 is 33.4. The van der Waals surface area contributed by atoms with Crippen LogP contribution in [-0.4, -0.2) is 18.7 Å². The summed E-state index contributed by atoms with van der Waals surface area (Å²) >= 11 is 0. The van der Waals surface area contributed by atoms with Crippen LogP contribution < -0.4 is 11.1 Å². The lowest BCUT2D eigenvalue weighted by Gasteiger charge is -2.15. The maximum atomic E-state index is 11.1. The van der Waals surface area contributed by atoms with Gasteiger partial charge in [-0.1, -0.05) is 24.3 Å². The van der Waals surface area contributed by atoms with Crippen LogP contribution in [0, 0.1) is 0 Å². The summed E-state index contributed by atoms with van der Waals surface area (Å²) in [6.07, 6.45) is 7.37. The molecule has 0 saturated heterocycles. The van der Waals surface area contributed by atoms with Gasteiger partial charge in [0.25, 0.3) is 0 Å². The average Bonchev–Trinajstić information content (AvgIpc) is 2.58. The van der Waals surface area contributed by atoms with E-state index in [9.17, 15) is 13.0 Å². The Morgan fingerprint density at radius 1 is 0.840 bits per heavy atom. The third-order valence-corrected chi connectivity index (χ3v) is 4.68. The van der Waals surface area contributed by atoms with Crippen molar-refractivity contribution in [2.24, 2.45) is 0 Å². The van der Waals surface area contributed by atoms with Gasteiger partial charge in [-0.15, -0.1) is 0 Å². The van der Waals surface area contributed by atoms with E-state index in [4.69, 9.17) is 11.1 Å². The Morgan fingerprint density at radius 3 is 1.80 bits per heavy atom. The molecule has 5 nitrogen and oxygen atoms in total. The molecule has 0 bridgehead atoms. The lowest BCUT2D eigenvalue weighted by molar-refractivity contribution is -0.110. The minimum atomic E-state index is -4.48. The zero-order valence-corrected chi connectivity index (χ0v) is 14.0. The SMILES string of the molecule is Nc1ccc(C(=C2C=CC(=[NH2+])C=C2)c2ccc(S(=O)(=O)[O-])cc2)cc1. The smallest absolute Gasteiger partial charge is 0.196 e. The zero-order valence-electron chi connectivity index (χ0n) is 13.2. The molecular formula is C19H16N2O3S. The third-order valence-electron chi connectivity index (χ3n) is 3.83. The number of anilines is 1. The summed E-state index contributed by atoms with van der Waals surface area (Å²) in [7, 11) is -4.48. The van der Waals surface area contributed by atoms with Crippen LogP contribution in [0.25, 0.3) is 5.57 Å². The highest BCUT2D eigenvalue weighted by Gasteiger charge is 2.12. The first-order valence-corrected chi connectivity index (χ1v) is 8.90. The number of hydrogen-bond donors (Lipinski definition) is 2. The summed E-state index contributed by atoms with van der Waals surface area (Å²) in [4.78, 5) is -0.259. The summed E-state index contributed by atoms with van der Waals surface area (Å²) in [6, 6.07) is 13.2. The van der Waals surface area contributed by atoms with E-state index in [1.807, 2.05) is 24.3 Å². The third kappa shape index (κ3) is 3.76. The van der Waals surface area contributed by atoms with Crippen LogP contribution in [-0.2, 0) is 10.1 Å². The Balaban J connectivity index is 2.17. The zero-order chi connectivity index (χ0) is 18.0. The molecule has 0 radical (unpaired) electrons. The van der Waals surface area contributed by atoms with E-state index in [1.54, 1.807) is 36.4 Å².